The summed E-state index contributed by atoms with van der Waals surface area (Å²) in [4.78, 5) is 0. The third-order valence-corrected chi connectivity index (χ3v) is 4.07. The van der Waals surface area contributed by atoms with E-state index in [-0.39, 0.29) is 0 Å². The number of rotatable bonds is 2. The van der Waals surface area contributed by atoms with Crippen molar-refractivity contribution < 1.29 is 0 Å². The van der Waals surface area contributed by atoms with Crippen LogP contribution in [0.1, 0.15) is 34.6 Å². The number of aryl methyl sites for hydroxylation is 1. The van der Waals surface area contributed by atoms with E-state index in [1.807, 2.05) is 0 Å². The van der Waals surface area contributed by atoms with E-state index in [0.717, 1.165) is 5.75 Å². The standard InChI is InChI=1S/C16H16S/c17-11-13-6-2-4-8-15(13)16-10-9-12-5-1-3-7-14(12)16/h1-8,16-17H,9-11H2. The Balaban J connectivity index is 2.07. The fourth-order valence-corrected chi connectivity index (χ4v) is 3.19. The van der Waals surface area contributed by atoms with Crippen molar-refractivity contribution in [3.63, 3.8) is 0 Å². The summed E-state index contributed by atoms with van der Waals surface area (Å²) in [6.07, 6.45) is 2.45. The number of fused-ring (bicyclic) bond motifs is 1. The second-order valence-corrected chi connectivity index (χ2v) is 4.96. The smallest absolute Gasteiger partial charge is 0.0157 e. The molecule has 1 aliphatic carbocycles. The minimum Gasteiger partial charge on any atom is -0.175 e. The molecule has 17 heavy (non-hydrogen) atoms. The normalized spacial score (nSPS) is 18.1. The zero-order chi connectivity index (χ0) is 11.7. The van der Waals surface area contributed by atoms with Crippen molar-refractivity contribution in [2.75, 3.05) is 0 Å². The van der Waals surface area contributed by atoms with Gasteiger partial charge in [0.25, 0.3) is 0 Å². The van der Waals surface area contributed by atoms with Gasteiger partial charge >= 0.3 is 0 Å². The van der Waals surface area contributed by atoms with Crippen LogP contribution >= 0.6 is 12.6 Å². The quantitative estimate of drug-likeness (QED) is 0.747. The maximum absolute atomic E-state index is 4.44. The molecule has 86 valence electrons. The second-order valence-electron chi connectivity index (χ2n) is 4.65. The molecule has 0 radical (unpaired) electrons. The van der Waals surface area contributed by atoms with Gasteiger partial charge in [-0.25, -0.2) is 0 Å². The summed E-state index contributed by atoms with van der Waals surface area (Å²) in [6, 6.07) is 17.5. The van der Waals surface area contributed by atoms with E-state index in [1.165, 1.54) is 35.1 Å². The van der Waals surface area contributed by atoms with Gasteiger partial charge in [-0.2, -0.15) is 12.6 Å². The highest BCUT2D eigenvalue weighted by atomic mass is 32.1. The number of thiol groups is 1. The van der Waals surface area contributed by atoms with E-state index in [4.69, 9.17) is 0 Å². The van der Waals surface area contributed by atoms with Crippen LogP contribution in [0.3, 0.4) is 0 Å². The Kier molecular flexibility index (Phi) is 2.94. The lowest BCUT2D eigenvalue weighted by molar-refractivity contribution is 0.782. The molecule has 3 rings (SSSR count). The largest absolute Gasteiger partial charge is 0.175 e. The van der Waals surface area contributed by atoms with Gasteiger partial charge in [-0.05, 0) is 35.1 Å². The molecule has 0 spiro atoms. The lowest BCUT2D eigenvalue weighted by Gasteiger charge is -2.15. The van der Waals surface area contributed by atoms with Crippen molar-refractivity contribution >= 4 is 12.6 Å². The summed E-state index contributed by atoms with van der Waals surface area (Å²) < 4.78 is 0. The minimum atomic E-state index is 0.578. The van der Waals surface area contributed by atoms with Crippen molar-refractivity contribution in [3.8, 4) is 0 Å². The lowest BCUT2D eigenvalue weighted by atomic mass is 9.90. The van der Waals surface area contributed by atoms with Crippen LogP contribution < -0.4 is 0 Å². The molecule has 1 unspecified atom stereocenters. The number of hydrogen-bond acceptors (Lipinski definition) is 1. The summed E-state index contributed by atoms with van der Waals surface area (Å²) in [7, 11) is 0. The van der Waals surface area contributed by atoms with Gasteiger partial charge in [0.05, 0.1) is 0 Å². The molecule has 2 aromatic carbocycles. The van der Waals surface area contributed by atoms with Crippen LogP contribution in [-0.4, -0.2) is 0 Å². The molecule has 0 bridgehead atoms. The molecule has 0 saturated carbocycles. The highest BCUT2D eigenvalue weighted by Crippen LogP contribution is 2.39. The van der Waals surface area contributed by atoms with Gasteiger partial charge in [0.2, 0.25) is 0 Å². The van der Waals surface area contributed by atoms with Crippen LogP contribution in [0, 0.1) is 0 Å². The summed E-state index contributed by atoms with van der Waals surface area (Å²) in [5.74, 6) is 1.41. The van der Waals surface area contributed by atoms with Gasteiger partial charge in [-0.3, -0.25) is 0 Å². The Morgan fingerprint density at radius 3 is 2.47 bits per heavy atom. The Labute approximate surface area is 108 Å². The van der Waals surface area contributed by atoms with Crippen LogP contribution in [-0.2, 0) is 12.2 Å². The molecule has 2 aromatic rings. The zero-order valence-corrected chi connectivity index (χ0v) is 10.7. The molecular formula is C16H16S. The third-order valence-electron chi connectivity index (χ3n) is 3.73. The van der Waals surface area contributed by atoms with E-state index in [0.29, 0.717) is 5.92 Å². The Morgan fingerprint density at radius 2 is 1.65 bits per heavy atom. The average Bonchev–Trinajstić information content (AvgIpc) is 2.82. The molecule has 0 nitrogen and oxygen atoms in total. The highest BCUT2D eigenvalue weighted by molar-refractivity contribution is 7.79. The lowest BCUT2D eigenvalue weighted by Crippen LogP contribution is -2.00. The molecule has 0 aliphatic heterocycles. The van der Waals surface area contributed by atoms with Crippen molar-refractivity contribution in [2.45, 2.75) is 24.5 Å². The first-order valence-corrected chi connectivity index (χ1v) is 6.80. The predicted octanol–water partition coefficient (Wildman–Crippen LogP) is 4.19. The van der Waals surface area contributed by atoms with Crippen LogP contribution in [0.4, 0.5) is 0 Å². The maximum Gasteiger partial charge on any atom is 0.0157 e. The highest BCUT2D eigenvalue weighted by Gasteiger charge is 2.24. The summed E-state index contributed by atoms with van der Waals surface area (Å²) in [5.41, 5.74) is 5.87. The minimum absolute atomic E-state index is 0.578. The van der Waals surface area contributed by atoms with Crippen molar-refractivity contribution in [1.29, 1.82) is 0 Å². The molecule has 1 aliphatic rings. The van der Waals surface area contributed by atoms with E-state index in [2.05, 4.69) is 61.2 Å². The summed E-state index contributed by atoms with van der Waals surface area (Å²) >= 11 is 4.44. The predicted molar refractivity (Wildman–Crippen MR) is 75.7 cm³/mol. The van der Waals surface area contributed by atoms with E-state index >= 15 is 0 Å². The van der Waals surface area contributed by atoms with Gasteiger partial charge in [0.1, 0.15) is 0 Å². The Hall–Kier alpha value is -1.21. The SMILES string of the molecule is SCc1ccccc1C1CCc2ccccc21. The molecule has 0 aromatic heterocycles. The van der Waals surface area contributed by atoms with E-state index in [1.54, 1.807) is 0 Å². The maximum atomic E-state index is 4.44. The first kappa shape index (κ1) is 10.9. The third kappa shape index (κ3) is 1.89. The fourth-order valence-electron chi connectivity index (χ4n) is 2.90. The molecule has 1 heteroatoms. The topological polar surface area (TPSA) is 0 Å². The van der Waals surface area contributed by atoms with Gasteiger partial charge in [-0.1, -0.05) is 48.5 Å². The first-order chi connectivity index (χ1) is 8.40. The van der Waals surface area contributed by atoms with Gasteiger partial charge in [0.15, 0.2) is 0 Å². The second kappa shape index (κ2) is 4.58. The molecular weight excluding hydrogens is 224 g/mol. The van der Waals surface area contributed by atoms with E-state index in [9.17, 15) is 0 Å². The van der Waals surface area contributed by atoms with Crippen LogP contribution in [0.5, 0.6) is 0 Å². The monoisotopic (exact) mass is 240 g/mol. The van der Waals surface area contributed by atoms with Gasteiger partial charge < -0.3 is 0 Å². The molecule has 0 saturated heterocycles. The number of benzene rings is 2. The van der Waals surface area contributed by atoms with Crippen molar-refractivity contribution in [2.24, 2.45) is 0 Å². The summed E-state index contributed by atoms with van der Waals surface area (Å²) in [5, 5.41) is 0. The van der Waals surface area contributed by atoms with Crippen LogP contribution in [0.15, 0.2) is 48.5 Å². The molecule has 1 atom stereocenters. The Morgan fingerprint density at radius 1 is 0.941 bits per heavy atom. The zero-order valence-electron chi connectivity index (χ0n) is 9.76. The fraction of sp³-hybridized carbons (Fsp3) is 0.250. The molecule has 0 fully saturated rings. The Bertz CT molecular complexity index is 531. The van der Waals surface area contributed by atoms with Crippen molar-refractivity contribution in [1.82, 2.24) is 0 Å². The van der Waals surface area contributed by atoms with Crippen LogP contribution in [0.25, 0.3) is 0 Å². The molecule has 0 N–H and O–H groups in total. The van der Waals surface area contributed by atoms with Crippen molar-refractivity contribution in [3.05, 3.63) is 70.8 Å². The van der Waals surface area contributed by atoms with E-state index < -0.39 is 0 Å². The molecule has 0 heterocycles. The van der Waals surface area contributed by atoms with Gasteiger partial charge in [0, 0.05) is 11.7 Å². The molecule has 0 amide bonds. The number of hydrogen-bond donors (Lipinski definition) is 1. The average molecular weight is 240 g/mol. The first-order valence-electron chi connectivity index (χ1n) is 6.16. The van der Waals surface area contributed by atoms with Crippen LogP contribution in [0.2, 0.25) is 0 Å². The van der Waals surface area contributed by atoms with Gasteiger partial charge in [-0.15, -0.1) is 0 Å². The summed E-state index contributed by atoms with van der Waals surface area (Å²) in [6.45, 7) is 0.